The Kier molecular flexibility index (Phi) is 4.98. The van der Waals surface area contributed by atoms with E-state index in [0.717, 1.165) is 30.7 Å². The first-order valence-electron chi connectivity index (χ1n) is 7.50. The Balaban J connectivity index is 1.86. The lowest BCUT2D eigenvalue weighted by atomic mass is 9.84. The summed E-state index contributed by atoms with van der Waals surface area (Å²) in [6.45, 7) is 4.40. The number of aliphatic carboxylic acids is 1. The monoisotopic (exact) mass is 293 g/mol. The van der Waals surface area contributed by atoms with E-state index in [0.29, 0.717) is 19.4 Å². The van der Waals surface area contributed by atoms with Gasteiger partial charge in [-0.05, 0) is 32.8 Å². The van der Waals surface area contributed by atoms with Crippen molar-refractivity contribution in [2.24, 2.45) is 5.92 Å². The third-order valence-electron chi connectivity index (χ3n) is 4.08. The predicted molar refractivity (Wildman–Crippen MR) is 77.8 cm³/mol. The van der Waals surface area contributed by atoms with Crippen molar-refractivity contribution in [2.45, 2.75) is 58.5 Å². The molecule has 0 bridgehead atoms. The van der Waals surface area contributed by atoms with Gasteiger partial charge in [0.2, 0.25) is 5.91 Å². The number of carbonyl (C=O) groups is 2. The number of amides is 1. The normalized spacial score (nSPS) is 22.0. The minimum atomic E-state index is -0.807. The summed E-state index contributed by atoms with van der Waals surface area (Å²) in [7, 11) is 0. The maximum Gasteiger partial charge on any atom is 0.308 e. The van der Waals surface area contributed by atoms with Gasteiger partial charge in [-0.1, -0.05) is 12.8 Å². The highest BCUT2D eigenvalue weighted by molar-refractivity contribution is 5.78. The zero-order valence-electron chi connectivity index (χ0n) is 12.6. The number of carboxylic acid groups (broad SMARTS) is 1. The largest absolute Gasteiger partial charge is 0.481 e. The fraction of sp³-hybridized carbons (Fsp3) is 0.667. The number of nitrogens with zero attached hydrogens (tertiary/aromatic N) is 2. The lowest BCUT2D eigenvalue weighted by molar-refractivity contribution is -0.144. The fourth-order valence-corrected chi connectivity index (χ4v) is 2.99. The van der Waals surface area contributed by atoms with Crippen LogP contribution in [0.4, 0.5) is 0 Å². The molecule has 0 aromatic carbocycles. The van der Waals surface area contributed by atoms with Crippen LogP contribution >= 0.6 is 0 Å². The molecule has 2 rings (SSSR count). The van der Waals surface area contributed by atoms with Crippen molar-refractivity contribution in [3.8, 4) is 0 Å². The molecule has 1 heterocycles. The second-order valence-electron chi connectivity index (χ2n) is 5.80. The molecular formula is C15H23N3O3. The molecule has 21 heavy (non-hydrogen) atoms. The second kappa shape index (κ2) is 6.74. The number of carbonyl (C=O) groups excluding carboxylic acids is 1. The smallest absolute Gasteiger partial charge is 0.308 e. The molecule has 1 saturated carbocycles. The van der Waals surface area contributed by atoms with Gasteiger partial charge in [-0.25, -0.2) is 0 Å². The van der Waals surface area contributed by atoms with Crippen molar-refractivity contribution in [2.75, 3.05) is 0 Å². The highest BCUT2D eigenvalue weighted by Crippen LogP contribution is 2.24. The van der Waals surface area contributed by atoms with Crippen LogP contribution in [0.25, 0.3) is 0 Å². The minimum absolute atomic E-state index is 0.0966. The molecule has 2 unspecified atom stereocenters. The third-order valence-corrected chi connectivity index (χ3v) is 4.08. The number of carboxylic acids is 1. The van der Waals surface area contributed by atoms with Crippen LogP contribution in [0.1, 0.15) is 43.5 Å². The number of aromatic nitrogens is 2. The molecule has 1 aliphatic rings. The molecule has 2 atom stereocenters. The SMILES string of the molecule is Cc1cc(C)n(CCC(=O)NC2CCCCC2C(=O)O)n1. The van der Waals surface area contributed by atoms with E-state index in [2.05, 4.69) is 10.4 Å². The van der Waals surface area contributed by atoms with E-state index in [1.807, 2.05) is 24.6 Å². The van der Waals surface area contributed by atoms with Crippen molar-refractivity contribution >= 4 is 11.9 Å². The molecule has 1 aliphatic carbocycles. The summed E-state index contributed by atoms with van der Waals surface area (Å²) < 4.78 is 1.81. The van der Waals surface area contributed by atoms with Crippen LogP contribution in [0.15, 0.2) is 6.07 Å². The van der Waals surface area contributed by atoms with Crippen molar-refractivity contribution < 1.29 is 14.7 Å². The summed E-state index contributed by atoms with van der Waals surface area (Å²) in [5, 5.41) is 16.4. The first kappa shape index (κ1) is 15.5. The molecule has 0 saturated heterocycles. The highest BCUT2D eigenvalue weighted by atomic mass is 16.4. The van der Waals surface area contributed by atoms with Crippen LogP contribution in [-0.2, 0) is 16.1 Å². The zero-order valence-corrected chi connectivity index (χ0v) is 12.6. The number of nitrogens with one attached hydrogen (secondary N) is 1. The quantitative estimate of drug-likeness (QED) is 0.864. The lowest BCUT2D eigenvalue weighted by Crippen LogP contribution is -2.45. The number of rotatable bonds is 5. The standard InChI is InChI=1S/C15H23N3O3/c1-10-9-11(2)18(17-10)8-7-14(19)16-13-6-4-3-5-12(13)15(20)21/h9,12-13H,3-8H2,1-2H3,(H,16,19)(H,20,21). The first-order chi connectivity index (χ1) is 9.97. The average molecular weight is 293 g/mol. The van der Waals surface area contributed by atoms with Gasteiger partial charge in [-0.2, -0.15) is 5.10 Å². The predicted octanol–water partition coefficient (Wildman–Crippen LogP) is 1.65. The first-order valence-corrected chi connectivity index (χ1v) is 7.50. The Bertz CT molecular complexity index is 524. The molecule has 1 fully saturated rings. The van der Waals surface area contributed by atoms with Gasteiger partial charge in [0.25, 0.3) is 0 Å². The van der Waals surface area contributed by atoms with Crippen LogP contribution in [0.2, 0.25) is 0 Å². The Labute approximate surface area is 124 Å². The minimum Gasteiger partial charge on any atom is -0.481 e. The van der Waals surface area contributed by atoms with Crippen molar-refractivity contribution in [3.63, 3.8) is 0 Å². The summed E-state index contributed by atoms with van der Waals surface area (Å²) in [6, 6.07) is 1.74. The van der Waals surface area contributed by atoms with Gasteiger partial charge < -0.3 is 10.4 Å². The number of hydrogen-bond acceptors (Lipinski definition) is 3. The molecular weight excluding hydrogens is 270 g/mol. The molecule has 1 aromatic heterocycles. The van der Waals surface area contributed by atoms with Gasteiger partial charge in [-0.15, -0.1) is 0 Å². The topological polar surface area (TPSA) is 84.2 Å². The number of aryl methyl sites for hydroxylation is 3. The maximum absolute atomic E-state index is 12.0. The van der Waals surface area contributed by atoms with Gasteiger partial charge in [0.15, 0.2) is 0 Å². The highest BCUT2D eigenvalue weighted by Gasteiger charge is 2.31. The average Bonchev–Trinajstić information content (AvgIpc) is 2.75. The van der Waals surface area contributed by atoms with Gasteiger partial charge in [0.1, 0.15) is 0 Å². The Morgan fingerprint density at radius 2 is 2.10 bits per heavy atom. The van der Waals surface area contributed by atoms with Crippen molar-refractivity contribution in [3.05, 3.63) is 17.5 Å². The molecule has 1 amide bonds. The van der Waals surface area contributed by atoms with Crippen LogP contribution in [0.5, 0.6) is 0 Å². The Morgan fingerprint density at radius 3 is 2.71 bits per heavy atom. The van der Waals surface area contributed by atoms with Crippen molar-refractivity contribution in [1.82, 2.24) is 15.1 Å². The van der Waals surface area contributed by atoms with E-state index < -0.39 is 11.9 Å². The van der Waals surface area contributed by atoms with Crippen LogP contribution in [0.3, 0.4) is 0 Å². The zero-order chi connectivity index (χ0) is 15.4. The van der Waals surface area contributed by atoms with E-state index in [4.69, 9.17) is 0 Å². The molecule has 0 aliphatic heterocycles. The molecule has 2 N–H and O–H groups in total. The van der Waals surface area contributed by atoms with E-state index in [-0.39, 0.29) is 11.9 Å². The van der Waals surface area contributed by atoms with E-state index in [1.54, 1.807) is 0 Å². The summed E-state index contributed by atoms with van der Waals surface area (Å²) >= 11 is 0. The molecule has 116 valence electrons. The van der Waals surface area contributed by atoms with Crippen molar-refractivity contribution in [1.29, 1.82) is 0 Å². The van der Waals surface area contributed by atoms with E-state index in [9.17, 15) is 14.7 Å². The molecule has 1 aromatic rings. The van der Waals surface area contributed by atoms with E-state index in [1.165, 1.54) is 0 Å². The van der Waals surface area contributed by atoms with Gasteiger partial charge >= 0.3 is 5.97 Å². The molecule has 6 nitrogen and oxygen atoms in total. The Hall–Kier alpha value is -1.85. The van der Waals surface area contributed by atoms with Crippen LogP contribution in [0, 0.1) is 19.8 Å². The third kappa shape index (κ3) is 4.06. The van der Waals surface area contributed by atoms with E-state index >= 15 is 0 Å². The number of hydrogen-bond donors (Lipinski definition) is 2. The van der Waals surface area contributed by atoms with Gasteiger partial charge in [0.05, 0.1) is 11.6 Å². The molecule has 6 heteroatoms. The second-order valence-corrected chi connectivity index (χ2v) is 5.80. The Morgan fingerprint density at radius 1 is 1.38 bits per heavy atom. The summed E-state index contributed by atoms with van der Waals surface area (Å²) in [6.07, 6.45) is 3.63. The van der Waals surface area contributed by atoms with Crippen LogP contribution in [-0.4, -0.2) is 32.8 Å². The summed E-state index contributed by atoms with van der Waals surface area (Å²) in [4.78, 5) is 23.2. The van der Waals surface area contributed by atoms with Crippen LogP contribution < -0.4 is 5.32 Å². The van der Waals surface area contributed by atoms with Gasteiger partial charge in [0, 0.05) is 24.7 Å². The van der Waals surface area contributed by atoms with Gasteiger partial charge in [-0.3, -0.25) is 14.3 Å². The molecule has 0 spiro atoms. The maximum atomic E-state index is 12.0. The summed E-state index contributed by atoms with van der Waals surface area (Å²) in [5.41, 5.74) is 1.97. The summed E-state index contributed by atoms with van der Waals surface area (Å²) in [5.74, 6) is -1.35. The molecule has 0 radical (unpaired) electrons. The lowest BCUT2D eigenvalue weighted by Gasteiger charge is -2.29. The fourth-order valence-electron chi connectivity index (χ4n) is 2.99.